The maximum Gasteiger partial charge on any atom is 0.254 e. The van der Waals surface area contributed by atoms with Crippen molar-refractivity contribution in [1.82, 2.24) is 4.90 Å². The first-order valence-electron chi connectivity index (χ1n) is 6.58. The van der Waals surface area contributed by atoms with Gasteiger partial charge in [0.05, 0.1) is 7.11 Å². The molecule has 0 saturated carbocycles. The van der Waals surface area contributed by atoms with Crippen LogP contribution in [0.3, 0.4) is 0 Å². The summed E-state index contributed by atoms with van der Waals surface area (Å²) in [5.74, 6) is 0.993. The first-order chi connectivity index (χ1) is 8.63. The summed E-state index contributed by atoms with van der Waals surface area (Å²) in [6.45, 7) is 5.74. The fourth-order valence-corrected chi connectivity index (χ4v) is 2.63. The fraction of sp³-hybridized carbons (Fsp3) is 0.533. The molecule has 0 bridgehead atoms. The molecule has 98 valence electrons. The SMILES string of the molecule is COc1cc(C)c(C(=O)N2CCCCC2)c(C)c1. The zero-order chi connectivity index (χ0) is 13.1. The van der Waals surface area contributed by atoms with E-state index >= 15 is 0 Å². The van der Waals surface area contributed by atoms with Crippen LogP contribution in [-0.4, -0.2) is 31.0 Å². The van der Waals surface area contributed by atoms with Gasteiger partial charge in [0.1, 0.15) is 5.75 Å². The second-order valence-electron chi connectivity index (χ2n) is 4.99. The molecule has 1 aromatic rings. The van der Waals surface area contributed by atoms with Crippen LogP contribution in [0, 0.1) is 13.8 Å². The molecule has 1 aliphatic heterocycles. The summed E-state index contributed by atoms with van der Waals surface area (Å²) < 4.78 is 5.23. The molecule has 2 rings (SSSR count). The minimum atomic E-state index is 0.173. The van der Waals surface area contributed by atoms with Crippen molar-refractivity contribution in [3.63, 3.8) is 0 Å². The third kappa shape index (κ3) is 2.50. The molecule has 1 saturated heterocycles. The number of hydrogen-bond donors (Lipinski definition) is 0. The molecule has 3 nitrogen and oxygen atoms in total. The summed E-state index contributed by atoms with van der Waals surface area (Å²) in [5, 5.41) is 0. The highest BCUT2D eigenvalue weighted by Crippen LogP contribution is 2.24. The van der Waals surface area contributed by atoms with Gasteiger partial charge in [0.2, 0.25) is 0 Å². The van der Waals surface area contributed by atoms with Gasteiger partial charge in [-0.05, 0) is 56.4 Å². The largest absolute Gasteiger partial charge is 0.497 e. The molecule has 0 aliphatic carbocycles. The lowest BCUT2D eigenvalue weighted by Gasteiger charge is -2.28. The van der Waals surface area contributed by atoms with E-state index in [0.29, 0.717) is 0 Å². The summed E-state index contributed by atoms with van der Waals surface area (Å²) in [6.07, 6.45) is 3.49. The molecule has 0 aromatic heterocycles. The zero-order valence-electron chi connectivity index (χ0n) is 11.5. The Bertz CT molecular complexity index is 425. The highest BCUT2D eigenvalue weighted by Gasteiger charge is 2.21. The van der Waals surface area contributed by atoms with Gasteiger partial charge in [-0.15, -0.1) is 0 Å². The molecule has 0 radical (unpaired) electrons. The van der Waals surface area contributed by atoms with E-state index in [1.165, 1.54) is 6.42 Å². The quantitative estimate of drug-likeness (QED) is 0.804. The molecule has 18 heavy (non-hydrogen) atoms. The van der Waals surface area contributed by atoms with E-state index in [-0.39, 0.29) is 5.91 Å². The van der Waals surface area contributed by atoms with Crippen LogP contribution >= 0.6 is 0 Å². The second-order valence-corrected chi connectivity index (χ2v) is 4.99. The maximum atomic E-state index is 12.5. The Hall–Kier alpha value is -1.51. The number of ether oxygens (including phenoxy) is 1. The first-order valence-corrected chi connectivity index (χ1v) is 6.58. The third-order valence-electron chi connectivity index (χ3n) is 3.60. The Balaban J connectivity index is 2.29. The molecule has 1 fully saturated rings. The van der Waals surface area contributed by atoms with Gasteiger partial charge >= 0.3 is 0 Å². The number of likely N-dealkylation sites (tertiary alicyclic amines) is 1. The number of rotatable bonds is 2. The van der Waals surface area contributed by atoms with Gasteiger partial charge in [0.25, 0.3) is 5.91 Å². The minimum absolute atomic E-state index is 0.173. The molecule has 0 atom stereocenters. The number of nitrogens with zero attached hydrogens (tertiary/aromatic N) is 1. The van der Waals surface area contributed by atoms with E-state index in [1.54, 1.807) is 7.11 Å². The van der Waals surface area contributed by atoms with Gasteiger partial charge in [0, 0.05) is 18.7 Å². The number of carbonyl (C=O) groups is 1. The third-order valence-corrected chi connectivity index (χ3v) is 3.60. The number of amides is 1. The number of methoxy groups -OCH3 is 1. The average molecular weight is 247 g/mol. The molecule has 1 aromatic carbocycles. The van der Waals surface area contributed by atoms with E-state index in [9.17, 15) is 4.79 Å². The average Bonchev–Trinajstić information content (AvgIpc) is 2.38. The smallest absolute Gasteiger partial charge is 0.254 e. The first kappa shape index (κ1) is 12.9. The number of piperidine rings is 1. The lowest BCUT2D eigenvalue weighted by atomic mass is 10.00. The summed E-state index contributed by atoms with van der Waals surface area (Å²) in [5.41, 5.74) is 2.85. The van der Waals surface area contributed by atoms with E-state index in [4.69, 9.17) is 4.74 Å². The van der Waals surface area contributed by atoms with Crippen molar-refractivity contribution in [3.05, 3.63) is 28.8 Å². The van der Waals surface area contributed by atoms with E-state index in [0.717, 1.165) is 48.4 Å². The summed E-state index contributed by atoms with van der Waals surface area (Å²) >= 11 is 0. The molecular weight excluding hydrogens is 226 g/mol. The molecule has 1 heterocycles. The van der Waals surface area contributed by atoms with Crippen molar-refractivity contribution in [2.45, 2.75) is 33.1 Å². The molecule has 1 amide bonds. The predicted molar refractivity (Wildman–Crippen MR) is 72.2 cm³/mol. The number of hydrogen-bond acceptors (Lipinski definition) is 2. The van der Waals surface area contributed by atoms with Crippen molar-refractivity contribution >= 4 is 5.91 Å². The van der Waals surface area contributed by atoms with Crippen LogP contribution in [0.5, 0.6) is 5.75 Å². The van der Waals surface area contributed by atoms with Crippen LogP contribution in [-0.2, 0) is 0 Å². The Kier molecular flexibility index (Phi) is 3.90. The second kappa shape index (κ2) is 5.42. The van der Waals surface area contributed by atoms with Crippen LogP contribution in [0.1, 0.15) is 40.7 Å². The Morgan fingerprint density at radius 1 is 1.11 bits per heavy atom. The van der Waals surface area contributed by atoms with Gasteiger partial charge in [0.15, 0.2) is 0 Å². The molecule has 3 heteroatoms. The zero-order valence-corrected chi connectivity index (χ0v) is 11.5. The Morgan fingerprint density at radius 3 is 2.17 bits per heavy atom. The summed E-state index contributed by atoms with van der Waals surface area (Å²) in [6, 6.07) is 3.87. The van der Waals surface area contributed by atoms with Crippen molar-refractivity contribution in [2.75, 3.05) is 20.2 Å². The molecule has 0 unspecified atom stereocenters. The molecular formula is C15H21NO2. The van der Waals surface area contributed by atoms with Crippen molar-refractivity contribution in [1.29, 1.82) is 0 Å². The van der Waals surface area contributed by atoms with Crippen molar-refractivity contribution < 1.29 is 9.53 Å². The summed E-state index contributed by atoms with van der Waals surface area (Å²) in [7, 11) is 1.65. The van der Waals surface area contributed by atoms with Crippen LogP contribution in [0.15, 0.2) is 12.1 Å². The van der Waals surface area contributed by atoms with E-state index < -0.39 is 0 Å². The molecule has 1 aliphatic rings. The Morgan fingerprint density at radius 2 is 1.67 bits per heavy atom. The van der Waals surface area contributed by atoms with Crippen molar-refractivity contribution in [2.24, 2.45) is 0 Å². The van der Waals surface area contributed by atoms with Crippen LogP contribution in [0.2, 0.25) is 0 Å². The highest BCUT2D eigenvalue weighted by molar-refractivity contribution is 5.97. The number of benzene rings is 1. The predicted octanol–water partition coefficient (Wildman–Crippen LogP) is 2.94. The van der Waals surface area contributed by atoms with Gasteiger partial charge in [-0.3, -0.25) is 4.79 Å². The van der Waals surface area contributed by atoms with Gasteiger partial charge in [-0.25, -0.2) is 0 Å². The van der Waals surface area contributed by atoms with Crippen LogP contribution in [0.25, 0.3) is 0 Å². The fourth-order valence-electron chi connectivity index (χ4n) is 2.63. The highest BCUT2D eigenvalue weighted by atomic mass is 16.5. The molecule has 0 N–H and O–H groups in total. The lowest BCUT2D eigenvalue weighted by Crippen LogP contribution is -2.36. The minimum Gasteiger partial charge on any atom is -0.497 e. The standard InChI is InChI=1S/C15H21NO2/c1-11-9-13(18-3)10-12(2)14(11)15(17)16-7-5-4-6-8-16/h9-10H,4-8H2,1-3H3. The topological polar surface area (TPSA) is 29.5 Å². The number of carbonyl (C=O) groups excluding carboxylic acids is 1. The maximum absolute atomic E-state index is 12.5. The monoisotopic (exact) mass is 247 g/mol. The van der Waals surface area contributed by atoms with Crippen LogP contribution in [0.4, 0.5) is 0 Å². The van der Waals surface area contributed by atoms with Gasteiger partial charge < -0.3 is 9.64 Å². The van der Waals surface area contributed by atoms with Gasteiger partial charge in [-0.2, -0.15) is 0 Å². The molecule has 0 spiro atoms. The van der Waals surface area contributed by atoms with E-state index in [1.807, 2.05) is 30.9 Å². The van der Waals surface area contributed by atoms with Crippen LogP contribution < -0.4 is 4.74 Å². The summed E-state index contributed by atoms with van der Waals surface area (Å²) in [4.78, 5) is 14.5. The van der Waals surface area contributed by atoms with E-state index in [2.05, 4.69) is 0 Å². The Labute approximate surface area is 109 Å². The lowest BCUT2D eigenvalue weighted by molar-refractivity contribution is 0.0723. The normalized spacial score (nSPS) is 15.6. The number of aryl methyl sites for hydroxylation is 2. The van der Waals surface area contributed by atoms with Crippen molar-refractivity contribution in [3.8, 4) is 5.75 Å². The van der Waals surface area contributed by atoms with Gasteiger partial charge in [-0.1, -0.05) is 0 Å².